The molecule has 8 nitrogen and oxygen atoms in total. The van der Waals surface area contributed by atoms with Crippen molar-refractivity contribution in [2.24, 2.45) is 4.99 Å². The number of rotatable bonds is 5. The number of hydrogen-bond acceptors (Lipinski definition) is 5. The molecule has 0 saturated carbocycles. The number of nitrogens with one attached hydrogen (secondary N) is 1. The van der Waals surface area contributed by atoms with Gasteiger partial charge in [-0.05, 0) is 24.6 Å². The molecular formula is C16H18N6O2. The fourth-order valence-corrected chi connectivity index (χ4v) is 2.16. The van der Waals surface area contributed by atoms with Crippen LogP contribution in [0.15, 0.2) is 40.2 Å². The summed E-state index contributed by atoms with van der Waals surface area (Å²) in [6.45, 7) is 2.52. The Balaban J connectivity index is 1.99. The predicted molar refractivity (Wildman–Crippen MR) is 92.1 cm³/mol. The number of benzene rings is 1. The molecule has 0 bridgehead atoms. The zero-order chi connectivity index (χ0) is 17.1. The standard InChI is InChI=1S/C16H18N6O2/c1-4-24-12-7-5-11(6-8-12)13-9-22-16(18-14(13)23)19-15(20-22)17-10-21(2)3/h5-10H,4H2,1-3H3,(H,18,19,20,23). The Bertz CT molecular complexity index is 924. The van der Waals surface area contributed by atoms with Crippen LogP contribution in [0.4, 0.5) is 5.95 Å². The summed E-state index contributed by atoms with van der Waals surface area (Å²) in [5, 5.41) is 4.25. The van der Waals surface area contributed by atoms with Crippen LogP contribution in [0.3, 0.4) is 0 Å². The van der Waals surface area contributed by atoms with Gasteiger partial charge in [0.25, 0.3) is 11.5 Å². The number of aromatic amines is 1. The lowest BCUT2D eigenvalue weighted by Gasteiger charge is -2.04. The van der Waals surface area contributed by atoms with Crippen LogP contribution in [0.2, 0.25) is 0 Å². The monoisotopic (exact) mass is 326 g/mol. The van der Waals surface area contributed by atoms with E-state index in [1.165, 1.54) is 4.52 Å². The first-order valence-electron chi connectivity index (χ1n) is 7.50. The molecule has 0 spiro atoms. The Morgan fingerprint density at radius 1 is 1.33 bits per heavy atom. The smallest absolute Gasteiger partial charge is 0.271 e. The van der Waals surface area contributed by atoms with Gasteiger partial charge < -0.3 is 9.64 Å². The van der Waals surface area contributed by atoms with Crippen LogP contribution in [0.5, 0.6) is 5.75 Å². The number of ether oxygens (including phenoxy) is 1. The molecule has 0 unspecified atom stereocenters. The van der Waals surface area contributed by atoms with Crippen LogP contribution in [-0.2, 0) is 0 Å². The Kier molecular flexibility index (Phi) is 4.28. The first-order valence-corrected chi connectivity index (χ1v) is 7.50. The van der Waals surface area contributed by atoms with Gasteiger partial charge in [0.1, 0.15) is 5.75 Å². The molecule has 0 radical (unpaired) electrons. The van der Waals surface area contributed by atoms with E-state index in [4.69, 9.17) is 4.74 Å². The van der Waals surface area contributed by atoms with Crippen molar-refractivity contribution in [2.45, 2.75) is 6.92 Å². The second-order valence-electron chi connectivity index (χ2n) is 5.34. The number of nitrogens with zero attached hydrogens (tertiary/aromatic N) is 5. The third-order valence-electron chi connectivity index (χ3n) is 3.22. The minimum absolute atomic E-state index is 0.234. The second-order valence-corrected chi connectivity index (χ2v) is 5.34. The van der Waals surface area contributed by atoms with Gasteiger partial charge in [-0.15, -0.1) is 5.10 Å². The van der Waals surface area contributed by atoms with E-state index in [-0.39, 0.29) is 11.5 Å². The van der Waals surface area contributed by atoms with Gasteiger partial charge >= 0.3 is 0 Å². The molecule has 1 aromatic carbocycles. The van der Waals surface area contributed by atoms with E-state index in [0.29, 0.717) is 17.9 Å². The lowest BCUT2D eigenvalue weighted by atomic mass is 10.1. The van der Waals surface area contributed by atoms with Crippen molar-refractivity contribution < 1.29 is 4.74 Å². The summed E-state index contributed by atoms with van der Waals surface area (Å²) in [5.41, 5.74) is 1.04. The summed E-state index contributed by atoms with van der Waals surface area (Å²) in [7, 11) is 3.70. The van der Waals surface area contributed by atoms with Crippen LogP contribution in [0, 0.1) is 0 Å². The molecule has 0 aliphatic carbocycles. The molecule has 0 amide bonds. The summed E-state index contributed by atoms with van der Waals surface area (Å²) in [4.78, 5) is 25.1. The average molecular weight is 326 g/mol. The summed E-state index contributed by atoms with van der Waals surface area (Å²) >= 11 is 0. The molecule has 0 aliphatic heterocycles. The van der Waals surface area contributed by atoms with Gasteiger partial charge in [0, 0.05) is 20.3 Å². The number of fused-ring (bicyclic) bond motifs is 1. The highest BCUT2D eigenvalue weighted by Crippen LogP contribution is 2.20. The highest BCUT2D eigenvalue weighted by Gasteiger charge is 2.09. The number of H-pyrrole nitrogens is 1. The van der Waals surface area contributed by atoms with Crippen molar-refractivity contribution in [3.63, 3.8) is 0 Å². The average Bonchev–Trinajstić information content (AvgIpc) is 2.95. The zero-order valence-electron chi connectivity index (χ0n) is 13.7. The summed E-state index contributed by atoms with van der Waals surface area (Å²) in [6.07, 6.45) is 3.24. The fraction of sp³-hybridized carbons (Fsp3) is 0.250. The normalized spacial score (nSPS) is 11.3. The van der Waals surface area contributed by atoms with Crippen molar-refractivity contribution >= 4 is 18.1 Å². The molecule has 3 rings (SSSR count). The Labute approximate surface area is 138 Å². The van der Waals surface area contributed by atoms with Crippen molar-refractivity contribution in [1.82, 2.24) is 24.5 Å². The van der Waals surface area contributed by atoms with Gasteiger partial charge in [0.2, 0.25) is 5.78 Å². The van der Waals surface area contributed by atoms with E-state index in [2.05, 4.69) is 20.1 Å². The maximum atomic E-state index is 12.3. The van der Waals surface area contributed by atoms with E-state index in [0.717, 1.165) is 11.3 Å². The van der Waals surface area contributed by atoms with Crippen LogP contribution in [0.25, 0.3) is 16.9 Å². The van der Waals surface area contributed by atoms with Crippen LogP contribution >= 0.6 is 0 Å². The molecule has 8 heteroatoms. The molecule has 3 aromatic rings. The molecule has 0 fully saturated rings. The van der Waals surface area contributed by atoms with Gasteiger partial charge in [-0.3, -0.25) is 9.78 Å². The maximum Gasteiger partial charge on any atom is 0.271 e. The van der Waals surface area contributed by atoms with Gasteiger partial charge in [-0.1, -0.05) is 12.1 Å². The SMILES string of the molecule is CCOc1ccc(-c2cn3nc(N=CN(C)C)nc3[nH]c2=O)cc1. The molecule has 0 atom stereocenters. The molecule has 124 valence electrons. The summed E-state index contributed by atoms with van der Waals surface area (Å²) in [5.74, 6) is 1.39. The minimum atomic E-state index is -0.234. The van der Waals surface area contributed by atoms with Crippen molar-refractivity contribution in [3.05, 3.63) is 40.8 Å². The molecule has 24 heavy (non-hydrogen) atoms. The van der Waals surface area contributed by atoms with E-state index in [1.54, 1.807) is 17.4 Å². The lowest BCUT2D eigenvalue weighted by Crippen LogP contribution is -2.11. The topological polar surface area (TPSA) is 87.9 Å². The van der Waals surface area contributed by atoms with Gasteiger partial charge in [0.15, 0.2) is 0 Å². The molecule has 2 heterocycles. The van der Waals surface area contributed by atoms with E-state index in [1.807, 2.05) is 45.3 Å². The van der Waals surface area contributed by atoms with Crippen molar-refractivity contribution in [1.29, 1.82) is 0 Å². The van der Waals surface area contributed by atoms with Crippen LogP contribution < -0.4 is 10.3 Å². The maximum absolute atomic E-state index is 12.3. The lowest BCUT2D eigenvalue weighted by molar-refractivity contribution is 0.340. The third-order valence-corrected chi connectivity index (χ3v) is 3.22. The molecule has 2 aromatic heterocycles. The van der Waals surface area contributed by atoms with Crippen LogP contribution in [0.1, 0.15) is 6.92 Å². The van der Waals surface area contributed by atoms with Crippen LogP contribution in [-0.4, -0.2) is 51.5 Å². The van der Waals surface area contributed by atoms with E-state index < -0.39 is 0 Å². The Morgan fingerprint density at radius 2 is 2.08 bits per heavy atom. The highest BCUT2D eigenvalue weighted by atomic mass is 16.5. The van der Waals surface area contributed by atoms with Gasteiger partial charge in [-0.2, -0.15) is 4.98 Å². The van der Waals surface area contributed by atoms with Crippen molar-refractivity contribution in [3.8, 4) is 16.9 Å². The minimum Gasteiger partial charge on any atom is -0.494 e. The Morgan fingerprint density at radius 3 is 2.75 bits per heavy atom. The van der Waals surface area contributed by atoms with Crippen molar-refractivity contribution in [2.75, 3.05) is 20.7 Å². The fourth-order valence-electron chi connectivity index (χ4n) is 2.16. The van der Waals surface area contributed by atoms with E-state index >= 15 is 0 Å². The molecular weight excluding hydrogens is 308 g/mol. The zero-order valence-corrected chi connectivity index (χ0v) is 13.7. The van der Waals surface area contributed by atoms with Gasteiger partial charge in [-0.25, -0.2) is 9.51 Å². The molecule has 0 saturated heterocycles. The molecule has 1 N–H and O–H groups in total. The largest absolute Gasteiger partial charge is 0.494 e. The summed E-state index contributed by atoms with van der Waals surface area (Å²) in [6, 6.07) is 7.33. The number of hydrogen-bond donors (Lipinski definition) is 1. The van der Waals surface area contributed by atoms with Gasteiger partial charge in [0.05, 0.1) is 18.5 Å². The molecule has 0 aliphatic rings. The third kappa shape index (κ3) is 3.27. The second kappa shape index (κ2) is 6.53. The number of aliphatic imine (C=N–C) groups is 1. The highest BCUT2D eigenvalue weighted by molar-refractivity contribution is 5.63. The first kappa shape index (κ1) is 15.7. The summed E-state index contributed by atoms with van der Waals surface area (Å²) < 4.78 is 6.92. The Hall–Kier alpha value is -3.16. The van der Waals surface area contributed by atoms with E-state index in [9.17, 15) is 4.79 Å². The first-order chi connectivity index (χ1) is 11.6. The quantitative estimate of drug-likeness (QED) is 0.569. The predicted octanol–water partition coefficient (Wildman–Crippen LogP) is 1.70. The number of aromatic nitrogens is 4.